The molecule has 0 saturated heterocycles. The van der Waals surface area contributed by atoms with Crippen LogP contribution in [-0.2, 0) is 16.4 Å². The van der Waals surface area contributed by atoms with Crippen molar-refractivity contribution in [3.63, 3.8) is 0 Å². The Morgan fingerprint density at radius 2 is 1.89 bits per heavy atom. The van der Waals surface area contributed by atoms with Crippen molar-refractivity contribution in [2.24, 2.45) is 0 Å². The zero-order valence-corrected chi connectivity index (χ0v) is 18.0. The molecule has 2 aromatic carbocycles. The van der Waals surface area contributed by atoms with E-state index >= 15 is 0 Å². The second-order valence-corrected chi connectivity index (χ2v) is 9.75. The largest absolute Gasteiger partial charge is 0.332 e. The first-order valence-electron chi connectivity index (χ1n) is 8.88. The number of nitrogens with zero attached hydrogens (tertiary/aromatic N) is 2. The van der Waals surface area contributed by atoms with Crippen molar-refractivity contribution in [1.82, 2.24) is 9.21 Å². The van der Waals surface area contributed by atoms with Crippen LogP contribution in [0.2, 0.25) is 0 Å². The summed E-state index contributed by atoms with van der Waals surface area (Å²) in [7, 11) is -0.695. The molecule has 0 aromatic heterocycles. The van der Waals surface area contributed by atoms with Crippen molar-refractivity contribution in [2.45, 2.75) is 30.7 Å². The van der Waals surface area contributed by atoms with Gasteiger partial charge in [0.05, 0.1) is 10.9 Å². The van der Waals surface area contributed by atoms with E-state index in [1.807, 2.05) is 24.0 Å². The molecule has 0 heterocycles. The van der Waals surface area contributed by atoms with Crippen LogP contribution in [0.1, 0.15) is 40.9 Å². The van der Waals surface area contributed by atoms with Gasteiger partial charge in [0.2, 0.25) is 10.0 Å². The predicted molar refractivity (Wildman–Crippen MR) is 109 cm³/mol. The molecular formula is C20H23BrN2O3S. The highest BCUT2D eigenvalue weighted by Gasteiger charge is 2.31. The molecule has 1 amide bonds. The number of fused-ring (bicyclic) bond motifs is 1. The molecule has 1 aliphatic rings. The summed E-state index contributed by atoms with van der Waals surface area (Å²) >= 11 is 3.29. The monoisotopic (exact) mass is 450 g/mol. The molecule has 0 saturated carbocycles. The van der Waals surface area contributed by atoms with Gasteiger partial charge in [-0.2, -0.15) is 0 Å². The standard InChI is InChI=1S/C20H23BrN2O3S/c1-4-23(18-12-10-14-7-5-6-8-16(14)18)20(24)15-9-11-17(21)19(13-15)27(25,26)22(2)3/h5-9,11,13,18H,4,10,12H2,1-3H3. The number of benzene rings is 2. The van der Waals surface area contributed by atoms with Gasteiger partial charge < -0.3 is 4.90 Å². The summed E-state index contributed by atoms with van der Waals surface area (Å²) in [4.78, 5) is 15.2. The minimum absolute atomic E-state index is 0.0243. The van der Waals surface area contributed by atoms with Gasteiger partial charge in [-0.1, -0.05) is 24.3 Å². The minimum Gasteiger partial charge on any atom is -0.332 e. The van der Waals surface area contributed by atoms with Crippen LogP contribution in [-0.4, -0.2) is 44.2 Å². The summed E-state index contributed by atoms with van der Waals surface area (Å²) in [6.45, 7) is 2.51. The van der Waals surface area contributed by atoms with Crippen LogP contribution in [0.15, 0.2) is 51.8 Å². The van der Waals surface area contributed by atoms with Crippen LogP contribution >= 0.6 is 15.9 Å². The molecule has 144 valence electrons. The van der Waals surface area contributed by atoms with Crippen LogP contribution in [0.4, 0.5) is 0 Å². The lowest BCUT2D eigenvalue weighted by atomic mass is 10.1. The fraction of sp³-hybridized carbons (Fsp3) is 0.350. The number of halogens is 1. The summed E-state index contributed by atoms with van der Waals surface area (Å²) < 4.78 is 26.7. The Morgan fingerprint density at radius 3 is 2.56 bits per heavy atom. The number of amides is 1. The molecule has 0 fully saturated rings. The van der Waals surface area contributed by atoms with Crippen molar-refractivity contribution < 1.29 is 13.2 Å². The Labute approximate surface area is 169 Å². The normalized spacial score (nSPS) is 16.4. The molecule has 5 nitrogen and oxygen atoms in total. The third-order valence-electron chi connectivity index (χ3n) is 5.02. The molecule has 0 N–H and O–H groups in total. The van der Waals surface area contributed by atoms with E-state index < -0.39 is 10.0 Å². The molecule has 2 aromatic rings. The zero-order chi connectivity index (χ0) is 19.8. The van der Waals surface area contributed by atoms with Crippen molar-refractivity contribution in [1.29, 1.82) is 0 Å². The summed E-state index contributed by atoms with van der Waals surface area (Å²) in [5.41, 5.74) is 2.84. The first kappa shape index (κ1) is 20.0. The average molecular weight is 451 g/mol. The minimum atomic E-state index is -3.65. The van der Waals surface area contributed by atoms with Gasteiger partial charge in [-0.25, -0.2) is 12.7 Å². The summed E-state index contributed by atoms with van der Waals surface area (Å²) in [5.74, 6) is -0.151. The molecule has 0 bridgehead atoms. The lowest BCUT2D eigenvalue weighted by molar-refractivity contribution is 0.0688. The summed E-state index contributed by atoms with van der Waals surface area (Å²) in [6, 6.07) is 13.0. The second kappa shape index (κ2) is 7.73. The van der Waals surface area contributed by atoms with Crippen LogP contribution in [0, 0.1) is 0 Å². The van der Waals surface area contributed by atoms with E-state index in [4.69, 9.17) is 0 Å². The van der Waals surface area contributed by atoms with Gasteiger partial charge in [0.15, 0.2) is 0 Å². The third-order valence-corrected chi connectivity index (χ3v) is 7.82. The maximum Gasteiger partial charge on any atom is 0.254 e. The Kier molecular flexibility index (Phi) is 5.74. The Balaban J connectivity index is 1.98. The zero-order valence-electron chi connectivity index (χ0n) is 15.6. The van der Waals surface area contributed by atoms with E-state index in [-0.39, 0.29) is 16.8 Å². The lowest BCUT2D eigenvalue weighted by Gasteiger charge is -2.29. The molecule has 3 rings (SSSR count). The van der Waals surface area contributed by atoms with Gasteiger partial charge in [0, 0.05) is 30.7 Å². The third kappa shape index (κ3) is 3.68. The smallest absolute Gasteiger partial charge is 0.254 e. The number of aryl methyl sites for hydroxylation is 1. The Morgan fingerprint density at radius 1 is 1.19 bits per heavy atom. The maximum absolute atomic E-state index is 13.2. The fourth-order valence-corrected chi connectivity index (χ4v) is 5.40. The molecule has 1 atom stereocenters. The number of carbonyl (C=O) groups excluding carboxylic acids is 1. The highest BCUT2D eigenvalue weighted by molar-refractivity contribution is 9.10. The van der Waals surface area contributed by atoms with Crippen LogP contribution in [0.5, 0.6) is 0 Å². The molecule has 1 unspecified atom stereocenters. The fourth-order valence-electron chi connectivity index (χ4n) is 3.56. The number of sulfonamides is 1. The van der Waals surface area contributed by atoms with Gasteiger partial charge in [-0.05, 0) is 65.0 Å². The molecule has 0 radical (unpaired) electrons. The Hall–Kier alpha value is -1.70. The van der Waals surface area contributed by atoms with Crippen molar-refractivity contribution >= 4 is 31.9 Å². The van der Waals surface area contributed by atoms with Gasteiger partial charge in [0.25, 0.3) is 5.91 Å². The SMILES string of the molecule is CCN(C(=O)c1ccc(Br)c(S(=O)(=O)N(C)C)c1)C1CCc2ccccc21. The van der Waals surface area contributed by atoms with Crippen molar-refractivity contribution in [3.8, 4) is 0 Å². The van der Waals surface area contributed by atoms with E-state index in [0.29, 0.717) is 16.6 Å². The quantitative estimate of drug-likeness (QED) is 0.694. The summed E-state index contributed by atoms with van der Waals surface area (Å²) in [6.07, 6.45) is 1.84. The molecule has 0 spiro atoms. The van der Waals surface area contributed by atoms with Gasteiger partial charge in [-0.15, -0.1) is 0 Å². The van der Waals surface area contributed by atoms with E-state index in [9.17, 15) is 13.2 Å². The van der Waals surface area contributed by atoms with E-state index in [0.717, 1.165) is 17.1 Å². The number of hydrogen-bond donors (Lipinski definition) is 0. The molecule has 7 heteroatoms. The topological polar surface area (TPSA) is 57.7 Å². The van der Waals surface area contributed by atoms with Gasteiger partial charge >= 0.3 is 0 Å². The second-order valence-electron chi connectivity index (χ2n) is 6.78. The first-order valence-corrected chi connectivity index (χ1v) is 11.1. The van der Waals surface area contributed by atoms with Crippen LogP contribution in [0.3, 0.4) is 0 Å². The molecular weight excluding hydrogens is 428 g/mol. The van der Waals surface area contributed by atoms with Crippen molar-refractivity contribution in [2.75, 3.05) is 20.6 Å². The van der Waals surface area contributed by atoms with Crippen molar-refractivity contribution in [3.05, 3.63) is 63.6 Å². The number of carbonyl (C=O) groups is 1. The lowest BCUT2D eigenvalue weighted by Crippen LogP contribution is -2.34. The van der Waals surface area contributed by atoms with Gasteiger partial charge in [-0.3, -0.25) is 4.79 Å². The summed E-state index contributed by atoms with van der Waals surface area (Å²) in [5, 5.41) is 0. The van der Waals surface area contributed by atoms with Crippen LogP contribution < -0.4 is 0 Å². The molecule has 27 heavy (non-hydrogen) atoms. The molecule has 0 aliphatic heterocycles. The highest BCUT2D eigenvalue weighted by atomic mass is 79.9. The van der Waals surface area contributed by atoms with Crippen LogP contribution in [0.25, 0.3) is 0 Å². The highest BCUT2D eigenvalue weighted by Crippen LogP contribution is 2.36. The Bertz CT molecular complexity index is 973. The van der Waals surface area contributed by atoms with Gasteiger partial charge in [0.1, 0.15) is 0 Å². The predicted octanol–water partition coefficient (Wildman–Crippen LogP) is 3.85. The average Bonchev–Trinajstić information content (AvgIpc) is 3.06. The maximum atomic E-state index is 13.2. The first-order chi connectivity index (χ1) is 12.8. The van der Waals surface area contributed by atoms with E-state index in [1.165, 1.54) is 31.3 Å². The number of rotatable bonds is 5. The molecule has 1 aliphatic carbocycles. The van der Waals surface area contributed by atoms with E-state index in [2.05, 4.69) is 28.1 Å². The van der Waals surface area contributed by atoms with E-state index in [1.54, 1.807) is 12.1 Å². The number of hydrogen-bond acceptors (Lipinski definition) is 3.